The van der Waals surface area contributed by atoms with Gasteiger partial charge in [-0.1, -0.05) is 37.5 Å². The van der Waals surface area contributed by atoms with Gasteiger partial charge in [0.25, 0.3) is 0 Å². The summed E-state index contributed by atoms with van der Waals surface area (Å²) in [6, 6.07) is 5.26. The third-order valence-electron chi connectivity index (χ3n) is 5.18. The highest BCUT2D eigenvalue weighted by molar-refractivity contribution is 5.38. The van der Waals surface area contributed by atoms with E-state index in [4.69, 9.17) is 0 Å². The average molecular weight is 259 g/mol. The van der Waals surface area contributed by atoms with Crippen molar-refractivity contribution in [1.29, 1.82) is 0 Å². The summed E-state index contributed by atoms with van der Waals surface area (Å²) in [7, 11) is 2.13. The molecule has 1 nitrogen and oxygen atoms in total. The van der Waals surface area contributed by atoms with Gasteiger partial charge in [0, 0.05) is 6.04 Å². The Labute approximate surface area is 118 Å². The lowest BCUT2D eigenvalue weighted by Gasteiger charge is -2.35. The Balaban J connectivity index is 2.23. The standard InChI is InChI=1S/C18H29N/c1-13-10-14(2)16(15(3)11-13)12-17(19-5)18(4)8-6-7-9-18/h10-11,17,19H,6-9,12H2,1-5H3. The average Bonchev–Trinajstić information content (AvgIpc) is 2.76. The van der Waals surface area contributed by atoms with Crippen LogP contribution in [0.4, 0.5) is 0 Å². The van der Waals surface area contributed by atoms with E-state index in [9.17, 15) is 0 Å². The normalized spacial score (nSPS) is 19.6. The summed E-state index contributed by atoms with van der Waals surface area (Å²) in [5, 5.41) is 3.60. The van der Waals surface area contributed by atoms with Gasteiger partial charge in [-0.3, -0.25) is 0 Å². The van der Waals surface area contributed by atoms with Gasteiger partial charge >= 0.3 is 0 Å². The summed E-state index contributed by atoms with van der Waals surface area (Å²) < 4.78 is 0. The first kappa shape index (κ1) is 14.6. The van der Waals surface area contributed by atoms with Crippen molar-refractivity contribution in [1.82, 2.24) is 5.32 Å². The maximum absolute atomic E-state index is 3.60. The van der Waals surface area contributed by atoms with E-state index in [-0.39, 0.29) is 0 Å². The topological polar surface area (TPSA) is 12.0 Å². The first-order valence-electron chi connectivity index (χ1n) is 7.70. The van der Waals surface area contributed by atoms with Crippen LogP contribution in [0, 0.1) is 26.2 Å². The highest BCUT2D eigenvalue weighted by Gasteiger charge is 2.36. The van der Waals surface area contributed by atoms with Gasteiger partial charge in [0.05, 0.1) is 0 Å². The zero-order chi connectivity index (χ0) is 14.0. The van der Waals surface area contributed by atoms with Crippen LogP contribution in [0.15, 0.2) is 12.1 Å². The summed E-state index contributed by atoms with van der Waals surface area (Å²) in [4.78, 5) is 0. The number of rotatable bonds is 4. The molecule has 1 aromatic rings. The van der Waals surface area contributed by atoms with Crippen LogP contribution in [0.1, 0.15) is 54.9 Å². The minimum absolute atomic E-state index is 0.485. The van der Waals surface area contributed by atoms with Crippen molar-refractivity contribution in [3.05, 3.63) is 34.4 Å². The zero-order valence-corrected chi connectivity index (χ0v) is 13.3. The molecule has 1 unspecified atom stereocenters. The van der Waals surface area contributed by atoms with Crippen LogP contribution in [0.5, 0.6) is 0 Å². The number of nitrogens with one attached hydrogen (secondary N) is 1. The van der Waals surface area contributed by atoms with Crippen LogP contribution in [0.25, 0.3) is 0 Å². The Bertz CT molecular complexity index is 418. The Morgan fingerprint density at radius 2 is 1.63 bits per heavy atom. The molecule has 0 heterocycles. The Morgan fingerprint density at radius 3 is 2.11 bits per heavy atom. The number of hydrogen-bond acceptors (Lipinski definition) is 1. The highest BCUT2D eigenvalue weighted by atomic mass is 14.9. The van der Waals surface area contributed by atoms with E-state index in [0.717, 1.165) is 0 Å². The zero-order valence-electron chi connectivity index (χ0n) is 13.3. The maximum atomic E-state index is 3.60. The maximum Gasteiger partial charge on any atom is 0.0158 e. The lowest BCUT2D eigenvalue weighted by atomic mass is 9.77. The van der Waals surface area contributed by atoms with Crippen LogP contribution >= 0.6 is 0 Å². The fourth-order valence-corrected chi connectivity index (χ4v) is 3.96. The lowest BCUT2D eigenvalue weighted by Crippen LogP contribution is -2.42. The molecule has 1 aromatic carbocycles. The molecule has 0 bridgehead atoms. The fraction of sp³-hybridized carbons (Fsp3) is 0.667. The number of benzene rings is 1. The molecular weight excluding hydrogens is 230 g/mol. The summed E-state index contributed by atoms with van der Waals surface area (Å²) in [5.41, 5.74) is 6.34. The monoisotopic (exact) mass is 259 g/mol. The highest BCUT2D eigenvalue weighted by Crippen LogP contribution is 2.41. The van der Waals surface area contributed by atoms with Crippen LogP contribution in [-0.2, 0) is 6.42 Å². The van der Waals surface area contributed by atoms with E-state index < -0.39 is 0 Å². The van der Waals surface area contributed by atoms with Gasteiger partial charge in [-0.25, -0.2) is 0 Å². The van der Waals surface area contributed by atoms with E-state index in [1.54, 1.807) is 5.56 Å². The predicted molar refractivity (Wildman–Crippen MR) is 83.8 cm³/mol. The molecular formula is C18H29N. The summed E-state index contributed by atoms with van der Waals surface area (Å²) in [5.74, 6) is 0. The van der Waals surface area contributed by atoms with Gasteiger partial charge in [-0.05, 0) is 69.2 Å². The van der Waals surface area contributed by atoms with Gasteiger partial charge in [0.1, 0.15) is 0 Å². The second-order valence-electron chi connectivity index (χ2n) is 6.78. The van der Waals surface area contributed by atoms with Crippen LogP contribution in [0.3, 0.4) is 0 Å². The van der Waals surface area contributed by atoms with Crippen molar-refractivity contribution in [3.8, 4) is 0 Å². The van der Waals surface area contributed by atoms with E-state index in [2.05, 4.69) is 52.2 Å². The van der Waals surface area contributed by atoms with Crippen molar-refractivity contribution in [3.63, 3.8) is 0 Å². The molecule has 0 amide bonds. The number of likely N-dealkylation sites (N-methyl/N-ethyl adjacent to an activating group) is 1. The molecule has 19 heavy (non-hydrogen) atoms. The first-order chi connectivity index (χ1) is 8.96. The molecule has 1 saturated carbocycles. The minimum Gasteiger partial charge on any atom is -0.316 e. The number of aryl methyl sites for hydroxylation is 3. The molecule has 1 aliphatic carbocycles. The molecule has 1 N–H and O–H groups in total. The Hall–Kier alpha value is -0.820. The van der Waals surface area contributed by atoms with Crippen molar-refractivity contribution in [2.24, 2.45) is 5.41 Å². The van der Waals surface area contributed by atoms with Gasteiger partial charge in [-0.15, -0.1) is 0 Å². The van der Waals surface area contributed by atoms with Gasteiger partial charge in [0.15, 0.2) is 0 Å². The van der Waals surface area contributed by atoms with Gasteiger partial charge in [-0.2, -0.15) is 0 Å². The first-order valence-corrected chi connectivity index (χ1v) is 7.70. The minimum atomic E-state index is 0.485. The van der Waals surface area contributed by atoms with Gasteiger partial charge < -0.3 is 5.32 Å². The molecule has 0 saturated heterocycles. The van der Waals surface area contributed by atoms with Crippen LogP contribution in [0.2, 0.25) is 0 Å². The van der Waals surface area contributed by atoms with Crippen LogP contribution in [-0.4, -0.2) is 13.1 Å². The Kier molecular flexibility index (Phi) is 4.35. The van der Waals surface area contributed by atoms with Crippen molar-refractivity contribution >= 4 is 0 Å². The fourth-order valence-electron chi connectivity index (χ4n) is 3.96. The predicted octanol–water partition coefficient (Wildman–Crippen LogP) is 4.32. The number of hydrogen-bond donors (Lipinski definition) is 1. The molecule has 1 atom stereocenters. The van der Waals surface area contributed by atoms with E-state index >= 15 is 0 Å². The quantitative estimate of drug-likeness (QED) is 0.849. The smallest absolute Gasteiger partial charge is 0.0158 e. The molecule has 0 spiro atoms. The molecule has 106 valence electrons. The summed E-state index contributed by atoms with van der Waals surface area (Å²) in [6.07, 6.45) is 6.73. The SMILES string of the molecule is CNC(Cc1c(C)cc(C)cc1C)C1(C)CCCC1. The second-order valence-corrected chi connectivity index (χ2v) is 6.78. The largest absolute Gasteiger partial charge is 0.316 e. The third-order valence-corrected chi connectivity index (χ3v) is 5.18. The van der Waals surface area contributed by atoms with E-state index in [1.165, 1.54) is 48.8 Å². The van der Waals surface area contributed by atoms with Crippen molar-refractivity contribution in [2.75, 3.05) is 7.05 Å². The van der Waals surface area contributed by atoms with E-state index in [0.29, 0.717) is 11.5 Å². The van der Waals surface area contributed by atoms with E-state index in [1.807, 2.05) is 0 Å². The van der Waals surface area contributed by atoms with Crippen molar-refractivity contribution in [2.45, 2.75) is 65.8 Å². The summed E-state index contributed by atoms with van der Waals surface area (Å²) >= 11 is 0. The summed E-state index contributed by atoms with van der Waals surface area (Å²) in [6.45, 7) is 9.19. The second kappa shape index (κ2) is 5.66. The molecule has 1 heteroatoms. The third kappa shape index (κ3) is 3.02. The van der Waals surface area contributed by atoms with Gasteiger partial charge in [0.2, 0.25) is 0 Å². The molecule has 1 fully saturated rings. The molecule has 0 aromatic heterocycles. The van der Waals surface area contributed by atoms with Crippen LogP contribution < -0.4 is 5.32 Å². The Morgan fingerprint density at radius 1 is 1.11 bits per heavy atom. The molecule has 2 rings (SSSR count). The molecule has 0 radical (unpaired) electrons. The molecule has 1 aliphatic rings. The molecule has 0 aliphatic heterocycles. The lowest BCUT2D eigenvalue weighted by molar-refractivity contribution is 0.229. The van der Waals surface area contributed by atoms with Crippen molar-refractivity contribution < 1.29 is 0 Å².